The summed E-state index contributed by atoms with van der Waals surface area (Å²) in [5.74, 6) is -0.149. The van der Waals surface area contributed by atoms with Crippen molar-refractivity contribution in [3.05, 3.63) is 35.5 Å². The smallest absolute Gasteiger partial charge is 0.410 e. The third-order valence-electron chi connectivity index (χ3n) is 4.16. The minimum Gasteiger partial charge on any atom is -0.444 e. The Morgan fingerprint density at radius 3 is 2.62 bits per heavy atom. The van der Waals surface area contributed by atoms with Crippen LogP contribution in [0, 0.1) is 5.92 Å². The highest BCUT2D eigenvalue weighted by molar-refractivity contribution is 5.85. The maximum absolute atomic E-state index is 12.6. The van der Waals surface area contributed by atoms with Gasteiger partial charge in [0.05, 0.1) is 12.5 Å². The molecule has 0 aliphatic carbocycles. The monoisotopic (exact) mass is 329 g/mol. The zero-order valence-electron chi connectivity index (χ0n) is 14.3. The fourth-order valence-corrected chi connectivity index (χ4v) is 2.87. The van der Waals surface area contributed by atoms with E-state index in [0.29, 0.717) is 19.6 Å². The van der Waals surface area contributed by atoms with E-state index in [1.165, 1.54) is 0 Å². The van der Waals surface area contributed by atoms with E-state index < -0.39 is 5.60 Å². The Kier molecular flexibility index (Phi) is 3.99. The summed E-state index contributed by atoms with van der Waals surface area (Å²) in [5, 5.41) is 0. The predicted molar refractivity (Wildman–Crippen MR) is 91.7 cm³/mol. The molecule has 6 nitrogen and oxygen atoms in total. The van der Waals surface area contributed by atoms with Gasteiger partial charge in [-0.2, -0.15) is 0 Å². The predicted octanol–water partition coefficient (Wildman–Crippen LogP) is 2.45. The first kappa shape index (κ1) is 16.4. The maximum atomic E-state index is 12.6. The van der Waals surface area contributed by atoms with Crippen molar-refractivity contribution < 1.29 is 14.3 Å². The lowest BCUT2D eigenvalue weighted by Gasteiger charge is -2.40. The van der Waals surface area contributed by atoms with Gasteiger partial charge in [-0.15, -0.1) is 0 Å². The number of fused-ring (bicyclic) bond motifs is 1. The first-order valence-corrected chi connectivity index (χ1v) is 8.08. The zero-order valence-corrected chi connectivity index (χ0v) is 14.3. The van der Waals surface area contributed by atoms with Crippen LogP contribution in [0.25, 0.3) is 6.08 Å². The van der Waals surface area contributed by atoms with Gasteiger partial charge < -0.3 is 20.3 Å². The van der Waals surface area contributed by atoms with Crippen molar-refractivity contribution in [2.75, 3.05) is 18.8 Å². The Balaban J connectivity index is 1.58. The topological polar surface area (TPSA) is 75.9 Å². The fourth-order valence-electron chi connectivity index (χ4n) is 2.87. The first-order valence-electron chi connectivity index (χ1n) is 8.08. The number of anilines is 1. The van der Waals surface area contributed by atoms with Crippen LogP contribution in [0.4, 0.5) is 10.5 Å². The van der Waals surface area contributed by atoms with E-state index in [0.717, 1.165) is 16.8 Å². The Bertz CT molecular complexity index is 700. The van der Waals surface area contributed by atoms with Gasteiger partial charge in [-0.05, 0) is 38.5 Å². The summed E-state index contributed by atoms with van der Waals surface area (Å²) in [5.41, 5.74) is 8.16. The van der Waals surface area contributed by atoms with Gasteiger partial charge in [0.25, 0.3) is 0 Å². The zero-order chi connectivity index (χ0) is 17.5. The van der Waals surface area contributed by atoms with Gasteiger partial charge in [0.15, 0.2) is 0 Å². The Morgan fingerprint density at radius 1 is 1.25 bits per heavy atom. The third kappa shape index (κ3) is 3.22. The van der Waals surface area contributed by atoms with Crippen molar-refractivity contribution in [2.24, 2.45) is 5.92 Å². The van der Waals surface area contributed by atoms with Crippen molar-refractivity contribution >= 4 is 23.8 Å². The minimum absolute atomic E-state index is 0.0270. The van der Waals surface area contributed by atoms with Gasteiger partial charge in [-0.1, -0.05) is 12.1 Å². The molecule has 128 valence electrons. The number of nitrogens with two attached hydrogens (primary N) is 1. The summed E-state index contributed by atoms with van der Waals surface area (Å²) >= 11 is 0. The summed E-state index contributed by atoms with van der Waals surface area (Å²) in [6.45, 7) is 6.81. The molecule has 2 heterocycles. The van der Waals surface area contributed by atoms with E-state index in [9.17, 15) is 9.59 Å². The number of rotatable bonds is 1. The number of benzene rings is 1. The van der Waals surface area contributed by atoms with E-state index in [1.807, 2.05) is 45.0 Å². The molecule has 0 atom stereocenters. The normalized spacial score (nSPS) is 17.3. The molecule has 1 saturated heterocycles. The quantitative estimate of drug-likeness (QED) is 0.803. The van der Waals surface area contributed by atoms with Crippen molar-refractivity contribution in [1.29, 1.82) is 0 Å². The highest BCUT2D eigenvalue weighted by Crippen LogP contribution is 2.28. The molecule has 2 aliphatic heterocycles. The number of hydrogen-bond donors (Lipinski definition) is 1. The number of likely N-dealkylation sites (tertiary alicyclic amines) is 1. The Hall–Kier alpha value is -2.50. The Morgan fingerprint density at radius 2 is 1.96 bits per heavy atom. The van der Waals surface area contributed by atoms with E-state index in [1.54, 1.807) is 16.0 Å². The first-order chi connectivity index (χ1) is 11.2. The molecule has 6 heteroatoms. The van der Waals surface area contributed by atoms with E-state index >= 15 is 0 Å². The molecule has 1 aromatic rings. The number of amides is 2. The molecule has 1 fully saturated rings. The number of nitrogen functional groups attached to an aromatic ring is 1. The van der Waals surface area contributed by atoms with E-state index in [-0.39, 0.29) is 17.9 Å². The van der Waals surface area contributed by atoms with Crippen LogP contribution < -0.4 is 5.73 Å². The molecule has 1 aromatic carbocycles. The third-order valence-corrected chi connectivity index (χ3v) is 4.16. The second-order valence-corrected chi connectivity index (χ2v) is 7.28. The molecule has 0 unspecified atom stereocenters. The summed E-state index contributed by atoms with van der Waals surface area (Å²) in [6, 6.07) is 5.72. The average molecular weight is 329 g/mol. The van der Waals surface area contributed by atoms with Crippen LogP contribution in [0.2, 0.25) is 0 Å². The lowest BCUT2D eigenvalue weighted by atomic mass is 9.97. The SMILES string of the molecule is CC(C)(C)OC(=O)N1CC(C(=O)N2C=Cc3c(N)cccc3C2)C1. The van der Waals surface area contributed by atoms with Crippen LogP contribution in [-0.2, 0) is 16.1 Å². The average Bonchev–Trinajstić information content (AvgIpc) is 2.43. The largest absolute Gasteiger partial charge is 0.444 e. The summed E-state index contributed by atoms with van der Waals surface area (Å²) < 4.78 is 5.31. The molecule has 0 radical (unpaired) electrons. The van der Waals surface area contributed by atoms with Crippen molar-refractivity contribution in [2.45, 2.75) is 32.9 Å². The molecule has 0 spiro atoms. The molecular formula is C18H23N3O3. The second-order valence-electron chi connectivity index (χ2n) is 7.28. The lowest BCUT2D eigenvalue weighted by Crippen LogP contribution is -2.56. The van der Waals surface area contributed by atoms with Crippen LogP contribution in [-0.4, -0.2) is 40.5 Å². The standard InChI is InChI=1S/C18H23N3O3/c1-18(2,3)24-17(23)21-10-13(11-21)16(22)20-8-7-14-12(9-20)5-4-6-15(14)19/h4-8,13H,9-11,19H2,1-3H3. The number of nitrogens with zero attached hydrogens (tertiary/aromatic N) is 2. The maximum Gasteiger partial charge on any atom is 0.410 e. The molecule has 2 aliphatic rings. The second kappa shape index (κ2) is 5.85. The van der Waals surface area contributed by atoms with Gasteiger partial charge in [0.1, 0.15) is 5.60 Å². The fraction of sp³-hybridized carbons (Fsp3) is 0.444. The van der Waals surface area contributed by atoms with Crippen LogP contribution in [0.5, 0.6) is 0 Å². The summed E-state index contributed by atoms with van der Waals surface area (Å²) in [7, 11) is 0. The molecule has 0 bridgehead atoms. The molecule has 2 N–H and O–H groups in total. The Labute approximate surface area is 141 Å². The lowest BCUT2D eigenvalue weighted by molar-refractivity contribution is -0.138. The van der Waals surface area contributed by atoms with Gasteiger partial charge in [-0.3, -0.25) is 4.79 Å². The highest BCUT2D eigenvalue weighted by Gasteiger charge is 2.39. The van der Waals surface area contributed by atoms with Crippen LogP contribution in [0.1, 0.15) is 31.9 Å². The van der Waals surface area contributed by atoms with Crippen LogP contribution >= 0.6 is 0 Å². The molecule has 0 aromatic heterocycles. The van der Waals surface area contributed by atoms with Gasteiger partial charge in [0, 0.05) is 30.5 Å². The minimum atomic E-state index is -0.522. The summed E-state index contributed by atoms with van der Waals surface area (Å²) in [4.78, 5) is 27.8. The molecule has 0 saturated carbocycles. The number of carbonyl (C=O) groups is 2. The highest BCUT2D eigenvalue weighted by atomic mass is 16.6. The summed E-state index contributed by atoms with van der Waals surface area (Å²) in [6.07, 6.45) is 3.28. The van der Waals surface area contributed by atoms with E-state index in [2.05, 4.69) is 0 Å². The van der Waals surface area contributed by atoms with Gasteiger partial charge in [-0.25, -0.2) is 4.79 Å². The van der Waals surface area contributed by atoms with E-state index in [4.69, 9.17) is 10.5 Å². The number of carbonyl (C=O) groups excluding carboxylic acids is 2. The van der Waals surface area contributed by atoms with Crippen molar-refractivity contribution in [3.63, 3.8) is 0 Å². The van der Waals surface area contributed by atoms with Crippen molar-refractivity contribution in [3.8, 4) is 0 Å². The molecular weight excluding hydrogens is 306 g/mol. The van der Waals surface area contributed by atoms with Crippen molar-refractivity contribution in [1.82, 2.24) is 9.80 Å². The molecule has 2 amide bonds. The van der Waals surface area contributed by atoms with Crippen LogP contribution in [0.15, 0.2) is 24.4 Å². The molecule has 24 heavy (non-hydrogen) atoms. The number of hydrogen-bond acceptors (Lipinski definition) is 4. The number of ether oxygens (including phenoxy) is 1. The molecule has 3 rings (SSSR count). The van der Waals surface area contributed by atoms with Gasteiger partial charge >= 0.3 is 6.09 Å². The van der Waals surface area contributed by atoms with Gasteiger partial charge in [0.2, 0.25) is 5.91 Å². The van der Waals surface area contributed by atoms with Crippen LogP contribution in [0.3, 0.4) is 0 Å².